The number of hydrogen-bond donors (Lipinski definition) is 0. The third kappa shape index (κ3) is 4.61. The molecule has 0 aliphatic rings. The zero-order valence-corrected chi connectivity index (χ0v) is 27.5. The first-order valence-electron chi connectivity index (χ1n) is 17.3. The molecule has 0 bridgehead atoms. The summed E-state index contributed by atoms with van der Waals surface area (Å²) in [6.07, 6.45) is 0. The highest BCUT2D eigenvalue weighted by Crippen LogP contribution is 2.45. The molecule has 232 valence electrons. The lowest BCUT2D eigenvalue weighted by atomic mass is 9.85. The van der Waals surface area contributed by atoms with Gasteiger partial charge in [-0.15, -0.1) is 0 Å². The highest BCUT2D eigenvalue weighted by atomic mass is 14.2. The van der Waals surface area contributed by atoms with Crippen LogP contribution in [0, 0.1) is 0 Å². The summed E-state index contributed by atoms with van der Waals surface area (Å²) >= 11 is 0. The van der Waals surface area contributed by atoms with E-state index >= 15 is 0 Å². The van der Waals surface area contributed by atoms with Crippen molar-refractivity contribution in [1.29, 1.82) is 0 Å². The van der Waals surface area contributed by atoms with Crippen molar-refractivity contribution in [1.82, 2.24) is 0 Å². The molecule has 0 amide bonds. The van der Waals surface area contributed by atoms with Gasteiger partial charge in [-0.3, -0.25) is 0 Å². The second-order valence-corrected chi connectivity index (χ2v) is 13.3. The third-order valence-corrected chi connectivity index (χ3v) is 10.4. The van der Waals surface area contributed by atoms with Crippen LogP contribution in [0.15, 0.2) is 194 Å². The maximum Gasteiger partial charge on any atom is -0.00262 e. The maximum atomic E-state index is 2.38. The van der Waals surface area contributed by atoms with Crippen molar-refractivity contribution >= 4 is 53.9 Å². The predicted molar refractivity (Wildman–Crippen MR) is 216 cm³/mol. The van der Waals surface area contributed by atoms with Gasteiger partial charge in [-0.1, -0.05) is 176 Å². The van der Waals surface area contributed by atoms with E-state index in [-0.39, 0.29) is 0 Å². The zero-order chi connectivity index (χ0) is 33.0. The fraction of sp³-hybridized carbons (Fsp3) is 0. The van der Waals surface area contributed by atoms with Gasteiger partial charge in [0.1, 0.15) is 0 Å². The standard InChI is InChI=1S/C50H32/c1-2-13-34(14-3-1)42-22-10-16-35-17-11-23-43(48(35)42)39-27-25-38-32-41(29-26-37(38)30-39)50-46-20-8-6-18-44(46)49(45-19-7-9-21-47(45)50)40-28-24-33-12-4-5-15-36(33)31-40/h1-32H. The van der Waals surface area contributed by atoms with Crippen LogP contribution in [0.4, 0.5) is 0 Å². The molecule has 0 saturated heterocycles. The van der Waals surface area contributed by atoms with E-state index in [2.05, 4.69) is 194 Å². The topological polar surface area (TPSA) is 0 Å². The van der Waals surface area contributed by atoms with Crippen LogP contribution < -0.4 is 0 Å². The predicted octanol–water partition coefficient (Wildman–Crippen LogP) is 14.1. The van der Waals surface area contributed by atoms with E-state index in [1.807, 2.05) is 0 Å². The largest absolute Gasteiger partial charge is 0.0622 e. The molecule has 0 aliphatic carbocycles. The van der Waals surface area contributed by atoms with Crippen molar-refractivity contribution in [2.24, 2.45) is 0 Å². The molecule has 0 N–H and O–H groups in total. The second-order valence-electron chi connectivity index (χ2n) is 13.3. The first kappa shape index (κ1) is 28.5. The van der Waals surface area contributed by atoms with Crippen molar-refractivity contribution in [2.45, 2.75) is 0 Å². The molecule has 0 spiro atoms. The summed E-state index contributed by atoms with van der Waals surface area (Å²) in [6.45, 7) is 0. The summed E-state index contributed by atoms with van der Waals surface area (Å²) in [5, 5.41) is 12.6. The maximum absolute atomic E-state index is 2.38. The lowest BCUT2D eigenvalue weighted by Gasteiger charge is -2.18. The molecule has 50 heavy (non-hydrogen) atoms. The van der Waals surface area contributed by atoms with Crippen LogP contribution in [0.5, 0.6) is 0 Å². The van der Waals surface area contributed by atoms with Crippen molar-refractivity contribution in [3.8, 4) is 44.5 Å². The van der Waals surface area contributed by atoms with Crippen LogP contribution >= 0.6 is 0 Å². The summed E-state index contributed by atoms with van der Waals surface area (Å²) in [4.78, 5) is 0. The highest BCUT2D eigenvalue weighted by molar-refractivity contribution is 6.22. The van der Waals surface area contributed by atoms with Crippen LogP contribution in [-0.2, 0) is 0 Å². The van der Waals surface area contributed by atoms with Crippen LogP contribution in [0.2, 0.25) is 0 Å². The molecule has 0 unspecified atom stereocenters. The summed E-state index contributed by atoms with van der Waals surface area (Å²) in [7, 11) is 0. The molecule has 0 aromatic heterocycles. The minimum Gasteiger partial charge on any atom is -0.0622 e. The molecule has 0 radical (unpaired) electrons. The lowest BCUT2D eigenvalue weighted by molar-refractivity contribution is 1.63. The Morgan fingerprint density at radius 3 is 1.20 bits per heavy atom. The van der Waals surface area contributed by atoms with E-state index in [0.29, 0.717) is 0 Å². The monoisotopic (exact) mass is 632 g/mol. The van der Waals surface area contributed by atoms with Gasteiger partial charge in [0.25, 0.3) is 0 Å². The van der Waals surface area contributed by atoms with Crippen LogP contribution in [0.1, 0.15) is 0 Å². The lowest BCUT2D eigenvalue weighted by Crippen LogP contribution is -1.91. The molecule has 0 atom stereocenters. The first-order valence-corrected chi connectivity index (χ1v) is 17.3. The molecule has 0 nitrogen and oxygen atoms in total. The Balaban J connectivity index is 1.15. The first-order chi connectivity index (χ1) is 24.8. The number of fused-ring (bicyclic) bond motifs is 5. The average Bonchev–Trinajstić information content (AvgIpc) is 3.19. The van der Waals surface area contributed by atoms with E-state index in [1.54, 1.807) is 0 Å². The molecule has 10 aromatic rings. The molecule has 10 rings (SSSR count). The Morgan fingerprint density at radius 1 is 0.220 bits per heavy atom. The number of rotatable bonds is 4. The van der Waals surface area contributed by atoms with Crippen molar-refractivity contribution < 1.29 is 0 Å². The Bertz CT molecular complexity index is 2850. The number of benzene rings is 10. The Labute approximate surface area is 291 Å². The van der Waals surface area contributed by atoms with Gasteiger partial charge in [-0.25, -0.2) is 0 Å². The van der Waals surface area contributed by atoms with E-state index in [0.717, 1.165) is 0 Å². The molecular formula is C50H32. The van der Waals surface area contributed by atoms with Crippen LogP contribution in [0.25, 0.3) is 98.4 Å². The molecule has 10 aromatic carbocycles. The van der Waals surface area contributed by atoms with E-state index in [4.69, 9.17) is 0 Å². The van der Waals surface area contributed by atoms with Gasteiger partial charge < -0.3 is 0 Å². The van der Waals surface area contributed by atoms with E-state index in [9.17, 15) is 0 Å². The van der Waals surface area contributed by atoms with Gasteiger partial charge in [0.2, 0.25) is 0 Å². The molecule has 0 aliphatic heterocycles. The fourth-order valence-electron chi connectivity index (χ4n) is 8.10. The van der Waals surface area contributed by atoms with Gasteiger partial charge in [0.05, 0.1) is 0 Å². The average molecular weight is 633 g/mol. The van der Waals surface area contributed by atoms with Crippen molar-refractivity contribution in [3.05, 3.63) is 194 Å². The van der Waals surface area contributed by atoms with Crippen LogP contribution in [-0.4, -0.2) is 0 Å². The minimum absolute atomic E-state index is 1.23. The summed E-state index contributed by atoms with van der Waals surface area (Å²) in [6, 6.07) is 71.3. The van der Waals surface area contributed by atoms with E-state index in [1.165, 1.54) is 98.4 Å². The molecule has 0 fully saturated rings. The Morgan fingerprint density at radius 2 is 0.620 bits per heavy atom. The SMILES string of the molecule is c1ccc(-c2cccc3cccc(-c4ccc5cc(-c6c7ccccc7c(-c7ccc8ccccc8c7)c7ccccc67)ccc5c4)c23)cc1. The fourth-order valence-corrected chi connectivity index (χ4v) is 8.10. The zero-order valence-electron chi connectivity index (χ0n) is 27.5. The Hall–Kier alpha value is -6.50. The summed E-state index contributed by atoms with van der Waals surface area (Å²) in [5.41, 5.74) is 10.1. The molecular weight excluding hydrogens is 601 g/mol. The number of hydrogen-bond acceptors (Lipinski definition) is 0. The van der Waals surface area contributed by atoms with Gasteiger partial charge >= 0.3 is 0 Å². The van der Waals surface area contributed by atoms with Gasteiger partial charge in [-0.05, 0) is 117 Å². The quantitative estimate of drug-likeness (QED) is 0.169. The van der Waals surface area contributed by atoms with Crippen molar-refractivity contribution in [2.75, 3.05) is 0 Å². The van der Waals surface area contributed by atoms with Crippen LogP contribution in [0.3, 0.4) is 0 Å². The van der Waals surface area contributed by atoms with Gasteiger partial charge in [-0.2, -0.15) is 0 Å². The second kappa shape index (κ2) is 11.6. The third-order valence-electron chi connectivity index (χ3n) is 10.4. The molecule has 0 saturated carbocycles. The molecule has 0 heteroatoms. The van der Waals surface area contributed by atoms with Gasteiger partial charge in [0, 0.05) is 0 Å². The Kier molecular flexibility index (Phi) is 6.60. The van der Waals surface area contributed by atoms with Gasteiger partial charge in [0.15, 0.2) is 0 Å². The van der Waals surface area contributed by atoms with Crippen molar-refractivity contribution in [3.63, 3.8) is 0 Å². The van der Waals surface area contributed by atoms with E-state index < -0.39 is 0 Å². The summed E-state index contributed by atoms with van der Waals surface area (Å²) < 4.78 is 0. The minimum atomic E-state index is 1.23. The summed E-state index contributed by atoms with van der Waals surface area (Å²) in [5.74, 6) is 0. The highest BCUT2D eigenvalue weighted by Gasteiger charge is 2.17. The smallest absolute Gasteiger partial charge is 0.00262 e. The normalized spacial score (nSPS) is 11.6. The molecule has 0 heterocycles.